The van der Waals surface area contributed by atoms with Crippen LogP contribution in [-0.2, 0) is 11.2 Å². The van der Waals surface area contributed by atoms with Crippen molar-refractivity contribution in [3.8, 4) is 11.1 Å². The van der Waals surface area contributed by atoms with E-state index in [1.165, 1.54) is 11.1 Å². The molecule has 0 aliphatic heterocycles. The molecule has 2 N–H and O–H groups in total. The normalized spacial score (nSPS) is 17.7. The quantitative estimate of drug-likeness (QED) is 0.869. The van der Waals surface area contributed by atoms with Crippen molar-refractivity contribution in [2.45, 2.75) is 25.2 Å². The summed E-state index contributed by atoms with van der Waals surface area (Å²) in [6.45, 7) is 0. The number of aromatic amines is 1. The van der Waals surface area contributed by atoms with Crippen molar-refractivity contribution in [2.24, 2.45) is 0 Å². The number of carbonyl (C=O) groups is 1. The van der Waals surface area contributed by atoms with Crippen molar-refractivity contribution < 1.29 is 9.90 Å². The molecule has 0 amide bonds. The van der Waals surface area contributed by atoms with Crippen molar-refractivity contribution in [1.82, 2.24) is 10.2 Å². The van der Waals surface area contributed by atoms with Crippen LogP contribution in [0.5, 0.6) is 0 Å². The van der Waals surface area contributed by atoms with Crippen LogP contribution in [-0.4, -0.2) is 21.3 Å². The second-order valence-corrected chi connectivity index (χ2v) is 4.73. The molecule has 92 valence electrons. The highest BCUT2D eigenvalue weighted by Crippen LogP contribution is 2.37. The summed E-state index contributed by atoms with van der Waals surface area (Å²) in [5, 5.41) is 15.6. The molecule has 4 heteroatoms. The molecule has 2 aromatic rings. The summed E-state index contributed by atoms with van der Waals surface area (Å²) in [5.41, 5.74) is 4.68. The predicted octanol–water partition coefficient (Wildman–Crippen LogP) is 2.58. The van der Waals surface area contributed by atoms with E-state index in [2.05, 4.69) is 22.3 Å². The maximum atomic E-state index is 10.8. The van der Waals surface area contributed by atoms with E-state index < -0.39 is 5.97 Å². The smallest absolute Gasteiger partial charge is 0.303 e. The second kappa shape index (κ2) is 4.29. The van der Waals surface area contributed by atoms with Crippen LogP contribution in [0.25, 0.3) is 11.1 Å². The second-order valence-electron chi connectivity index (χ2n) is 4.73. The lowest BCUT2D eigenvalue weighted by Crippen LogP contribution is -2.02. The Bertz CT molecular complexity index is 575. The van der Waals surface area contributed by atoms with Crippen LogP contribution in [0.15, 0.2) is 30.6 Å². The lowest BCUT2D eigenvalue weighted by molar-refractivity contribution is -0.137. The van der Waals surface area contributed by atoms with Crippen molar-refractivity contribution in [1.29, 1.82) is 0 Å². The molecule has 0 spiro atoms. The number of aromatic nitrogens is 2. The zero-order valence-corrected chi connectivity index (χ0v) is 9.89. The zero-order chi connectivity index (χ0) is 12.5. The van der Waals surface area contributed by atoms with Crippen LogP contribution in [0.4, 0.5) is 0 Å². The summed E-state index contributed by atoms with van der Waals surface area (Å²) < 4.78 is 0. The third kappa shape index (κ3) is 1.90. The van der Waals surface area contributed by atoms with Crippen LogP contribution in [0, 0.1) is 0 Å². The number of nitrogens with zero attached hydrogens (tertiary/aromatic N) is 1. The summed E-state index contributed by atoms with van der Waals surface area (Å²) >= 11 is 0. The summed E-state index contributed by atoms with van der Waals surface area (Å²) in [4.78, 5) is 10.8. The van der Waals surface area contributed by atoms with Gasteiger partial charge in [-0.2, -0.15) is 5.10 Å². The monoisotopic (exact) mass is 242 g/mol. The van der Waals surface area contributed by atoms with Gasteiger partial charge in [0.05, 0.1) is 12.6 Å². The van der Waals surface area contributed by atoms with Crippen molar-refractivity contribution in [3.05, 3.63) is 41.7 Å². The zero-order valence-electron chi connectivity index (χ0n) is 9.89. The summed E-state index contributed by atoms with van der Waals surface area (Å²) in [7, 11) is 0. The third-order valence-electron chi connectivity index (χ3n) is 3.60. The molecule has 1 heterocycles. The molecular formula is C14H14N2O2. The number of carboxylic acids is 1. The van der Waals surface area contributed by atoms with Crippen LogP contribution in [0.2, 0.25) is 0 Å². The molecule has 1 unspecified atom stereocenters. The van der Waals surface area contributed by atoms with Gasteiger partial charge < -0.3 is 5.11 Å². The first-order chi connectivity index (χ1) is 8.74. The van der Waals surface area contributed by atoms with Gasteiger partial charge in [-0.1, -0.05) is 18.2 Å². The lowest BCUT2D eigenvalue weighted by Gasteiger charge is -2.09. The summed E-state index contributed by atoms with van der Waals surface area (Å²) in [5.74, 6) is -0.539. The molecule has 3 rings (SSSR count). The average Bonchev–Trinajstić information content (AvgIpc) is 2.97. The number of hydrogen-bond donors (Lipinski definition) is 2. The predicted molar refractivity (Wildman–Crippen MR) is 67.3 cm³/mol. The van der Waals surface area contributed by atoms with Gasteiger partial charge in [-0.25, -0.2) is 0 Å². The minimum atomic E-state index is -0.716. The Kier molecular flexibility index (Phi) is 2.63. The largest absolute Gasteiger partial charge is 0.481 e. The highest BCUT2D eigenvalue weighted by molar-refractivity contribution is 5.69. The fourth-order valence-corrected chi connectivity index (χ4v) is 2.72. The van der Waals surface area contributed by atoms with Gasteiger partial charge in [-0.15, -0.1) is 0 Å². The van der Waals surface area contributed by atoms with Gasteiger partial charge in [0.2, 0.25) is 0 Å². The van der Waals surface area contributed by atoms with Crippen molar-refractivity contribution >= 4 is 5.97 Å². The van der Waals surface area contributed by atoms with E-state index in [1.807, 2.05) is 12.3 Å². The first-order valence-corrected chi connectivity index (χ1v) is 6.08. The van der Waals surface area contributed by atoms with Gasteiger partial charge in [0.1, 0.15) is 0 Å². The molecule has 1 aliphatic rings. The Morgan fingerprint density at radius 2 is 2.33 bits per heavy atom. The van der Waals surface area contributed by atoms with E-state index in [-0.39, 0.29) is 12.3 Å². The van der Waals surface area contributed by atoms with E-state index in [0.29, 0.717) is 0 Å². The van der Waals surface area contributed by atoms with Crippen molar-refractivity contribution in [3.63, 3.8) is 0 Å². The molecule has 1 aromatic heterocycles. The number of H-pyrrole nitrogens is 1. The number of aryl methyl sites for hydroxylation is 1. The van der Waals surface area contributed by atoms with Crippen LogP contribution in [0.3, 0.4) is 0 Å². The Balaban J connectivity index is 1.92. The van der Waals surface area contributed by atoms with E-state index in [0.717, 1.165) is 24.0 Å². The molecule has 0 saturated heterocycles. The Hall–Kier alpha value is -2.10. The fourth-order valence-electron chi connectivity index (χ4n) is 2.72. The topological polar surface area (TPSA) is 66.0 Å². The molecule has 18 heavy (non-hydrogen) atoms. The maximum Gasteiger partial charge on any atom is 0.303 e. The molecule has 1 aliphatic carbocycles. The van der Waals surface area contributed by atoms with Gasteiger partial charge in [-0.05, 0) is 35.4 Å². The van der Waals surface area contributed by atoms with Gasteiger partial charge in [0.15, 0.2) is 0 Å². The van der Waals surface area contributed by atoms with Crippen LogP contribution in [0.1, 0.15) is 29.9 Å². The number of carboxylic acid groups (broad SMARTS) is 1. The van der Waals surface area contributed by atoms with E-state index >= 15 is 0 Å². The molecule has 1 aromatic carbocycles. The van der Waals surface area contributed by atoms with Gasteiger partial charge >= 0.3 is 5.97 Å². The van der Waals surface area contributed by atoms with E-state index in [1.54, 1.807) is 6.20 Å². The number of benzene rings is 1. The molecule has 0 bridgehead atoms. The number of hydrogen-bond acceptors (Lipinski definition) is 2. The minimum Gasteiger partial charge on any atom is -0.481 e. The lowest BCUT2D eigenvalue weighted by atomic mass is 9.96. The first-order valence-electron chi connectivity index (χ1n) is 6.08. The van der Waals surface area contributed by atoms with Gasteiger partial charge in [-0.3, -0.25) is 9.89 Å². The first kappa shape index (κ1) is 11.0. The molecule has 1 atom stereocenters. The fraction of sp³-hybridized carbons (Fsp3) is 0.286. The molecular weight excluding hydrogens is 228 g/mol. The molecule has 0 saturated carbocycles. The summed E-state index contributed by atoms with van der Waals surface area (Å²) in [6.07, 6.45) is 5.81. The van der Waals surface area contributed by atoms with Crippen LogP contribution < -0.4 is 0 Å². The van der Waals surface area contributed by atoms with E-state index in [4.69, 9.17) is 5.11 Å². The van der Waals surface area contributed by atoms with Crippen molar-refractivity contribution in [2.75, 3.05) is 0 Å². The number of aliphatic carboxylic acids is 1. The molecule has 4 nitrogen and oxygen atoms in total. The van der Waals surface area contributed by atoms with Gasteiger partial charge in [0, 0.05) is 11.8 Å². The Morgan fingerprint density at radius 3 is 3.06 bits per heavy atom. The third-order valence-corrected chi connectivity index (χ3v) is 3.60. The highest BCUT2D eigenvalue weighted by Gasteiger charge is 2.24. The Morgan fingerprint density at radius 1 is 1.44 bits per heavy atom. The standard InChI is InChI=1S/C14H14N2O2/c17-14(18)6-11-2-1-10-5-9(3-4-13(10)11)12-7-15-16-8-12/h3-5,7-8,11H,1-2,6H2,(H,15,16)(H,17,18). The van der Waals surface area contributed by atoms with E-state index in [9.17, 15) is 4.79 Å². The SMILES string of the molecule is O=C(O)CC1CCc2cc(-c3cn[nH]c3)ccc21. The molecule has 0 fully saturated rings. The number of nitrogens with one attached hydrogen (secondary N) is 1. The van der Waals surface area contributed by atoms with Gasteiger partial charge in [0.25, 0.3) is 0 Å². The average molecular weight is 242 g/mol. The minimum absolute atomic E-state index is 0.177. The Labute approximate surface area is 105 Å². The summed E-state index contributed by atoms with van der Waals surface area (Å²) in [6, 6.07) is 6.27. The van der Waals surface area contributed by atoms with Crippen LogP contribution >= 0.6 is 0 Å². The number of rotatable bonds is 3. The highest BCUT2D eigenvalue weighted by atomic mass is 16.4. The number of fused-ring (bicyclic) bond motifs is 1. The maximum absolute atomic E-state index is 10.8. The molecule has 0 radical (unpaired) electrons.